The van der Waals surface area contributed by atoms with E-state index in [1.807, 2.05) is 0 Å². The van der Waals surface area contributed by atoms with Crippen LogP contribution in [0.3, 0.4) is 0 Å². The first-order valence-electron chi connectivity index (χ1n) is 0. The van der Waals surface area contributed by atoms with Gasteiger partial charge in [0.05, 0.1) is 0 Å². The Morgan fingerprint density at radius 3 is 0.500 bits per heavy atom. The summed E-state index contributed by atoms with van der Waals surface area (Å²) in [5, 5.41) is 0. The molecule has 0 aromatic heterocycles. The first-order valence-corrected chi connectivity index (χ1v) is 0. The Labute approximate surface area is 67.6 Å². The summed E-state index contributed by atoms with van der Waals surface area (Å²) in [5.74, 6) is 0. The molecule has 0 N–H and O–H groups in total. The molecule has 0 aliphatic rings. The van der Waals surface area contributed by atoms with Gasteiger partial charge in [0.25, 0.3) is 0 Å². The van der Waals surface area contributed by atoms with Gasteiger partial charge in [0, 0.05) is 0 Å². The third kappa shape index (κ3) is 51.8. The minimum Gasteiger partial charge on any atom is -2.00 e. The van der Waals surface area contributed by atoms with Crippen molar-refractivity contribution >= 4 is 0 Å². The first-order chi connectivity index (χ1) is 0. The van der Waals surface area contributed by atoms with Crippen LogP contribution >= 0.6 is 0 Å². The molecule has 0 fully saturated rings. The second-order valence-corrected chi connectivity index (χ2v) is 0. The third-order valence-electron chi connectivity index (χ3n) is 0. The summed E-state index contributed by atoms with van der Waals surface area (Å²) in [6.45, 7) is 0. The van der Waals surface area contributed by atoms with Gasteiger partial charge in [0.2, 0.25) is 0 Å². The van der Waals surface area contributed by atoms with Crippen LogP contribution in [-0.2, 0) is 67.6 Å². The second kappa shape index (κ2) is 92.0. The summed E-state index contributed by atoms with van der Waals surface area (Å²) in [4.78, 5) is 0. The molecular formula is FeMn2O3. The zero-order valence-electron chi connectivity index (χ0n) is 2.33. The molecule has 6 heavy (non-hydrogen) atoms. The molecular weight excluding hydrogens is 214 g/mol. The van der Waals surface area contributed by atoms with Gasteiger partial charge in [0.15, 0.2) is 0 Å². The molecule has 0 saturated heterocycles. The third-order valence-corrected chi connectivity index (χ3v) is 0. The van der Waals surface area contributed by atoms with Crippen LogP contribution in [0.25, 0.3) is 0 Å². The molecule has 0 amide bonds. The molecule has 3 nitrogen and oxygen atoms in total. The van der Waals surface area contributed by atoms with E-state index in [4.69, 9.17) is 0 Å². The van der Waals surface area contributed by atoms with E-state index in [0.29, 0.717) is 0 Å². The summed E-state index contributed by atoms with van der Waals surface area (Å²) in [7, 11) is 0. The number of hydrogen-bond acceptors (Lipinski definition) is 0. The Balaban J connectivity index is 0. The van der Waals surface area contributed by atoms with Gasteiger partial charge in [-0.25, -0.2) is 0 Å². The summed E-state index contributed by atoms with van der Waals surface area (Å²) in [6.07, 6.45) is 0. The number of rotatable bonds is 0. The fraction of sp³-hybridized carbons (Fsp3) is 0. The Morgan fingerprint density at radius 1 is 0.500 bits per heavy atom. The molecule has 0 rings (SSSR count). The van der Waals surface area contributed by atoms with Gasteiger partial charge in [-0.3, -0.25) is 0 Å². The van der Waals surface area contributed by atoms with E-state index in [1.165, 1.54) is 0 Å². The fourth-order valence-electron chi connectivity index (χ4n) is 0. The Hall–Kier alpha value is 1.44. The maximum atomic E-state index is 0. The van der Waals surface area contributed by atoms with Crippen molar-refractivity contribution in [2.75, 3.05) is 0 Å². The molecule has 2 radical (unpaired) electrons. The van der Waals surface area contributed by atoms with Gasteiger partial charge in [0.1, 0.15) is 0 Å². The van der Waals surface area contributed by atoms with Crippen molar-refractivity contribution in [3.8, 4) is 0 Å². The quantitative estimate of drug-likeness (QED) is 0.492. The zero-order chi connectivity index (χ0) is 0. The van der Waals surface area contributed by atoms with Crippen LogP contribution in [-0.4, -0.2) is 0 Å². The summed E-state index contributed by atoms with van der Waals surface area (Å²) in [5.41, 5.74) is 0. The van der Waals surface area contributed by atoms with Crippen molar-refractivity contribution in [3.63, 3.8) is 0 Å². The maximum absolute atomic E-state index is 0. The minimum absolute atomic E-state index is 0. The molecule has 0 spiro atoms. The van der Waals surface area contributed by atoms with Crippen molar-refractivity contribution in [2.45, 2.75) is 0 Å². The minimum atomic E-state index is 0. The van der Waals surface area contributed by atoms with Crippen LogP contribution in [0, 0.1) is 0 Å². The molecule has 0 atom stereocenters. The topological polar surface area (TPSA) is 85.5 Å². The van der Waals surface area contributed by atoms with Gasteiger partial charge in [-0.2, -0.15) is 0 Å². The van der Waals surface area contributed by atoms with Gasteiger partial charge in [-0.1, -0.05) is 0 Å². The van der Waals surface area contributed by atoms with Crippen LogP contribution in [0.4, 0.5) is 0 Å². The van der Waals surface area contributed by atoms with E-state index in [-0.39, 0.29) is 67.6 Å². The molecule has 0 bridgehead atoms. The smallest absolute Gasteiger partial charge is 2.00 e. The largest absolute Gasteiger partial charge is 2.00 e. The van der Waals surface area contributed by atoms with Gasteiger partial charge >= 0.3 is 51.2 Å². The summed E-state index contributed by atoms with van der Waals surface area (Å²) >= 11 is 0. The van der Waals surface area contributed by atoms with Gasteiger partial charge in [-0.15, -0.1) is 0 Å². The first kappa shape index (κ1) is 149. The van der Waals surface area contributed by atoms with E-state index in [9.17, 15) is 0 Å². The van der Waals surface area contributed by atoms with Crippen molar-refractivity contribution in [1.29, 1.82) is 0 Å². The van der Waals surface area contributed by atoms with Crippen LogP contribution in [0.2, 0.25) is 0 Å². The molecule has 0 aliphatic carbocycles. The van der Waals surface area contributed by atoms with Crippen LogP contribution in [0.1, 0.15) is 0 Å². The van der Waals surface area contributed by atoms with Crippen molar-refractivity contribution in [1.82, 2.24) is 0 Å². The number of hydrogen-bond donors (Lipinski definition) is 0. The van der Waals surface area contributed by atoms with Crippen LogP contribution < -0.4 is 0 Å². The average Bonchev–Trinajstić information content (AvgIpc) is 0. The van der Waals surface area contributed by atoms with Crippen molar-refractivity contribution in [2.24, 2.45) is 0 Å². The van der Waals surface area contributed by atoms with E-state index in [1.54, 1.807) is 0 Å². The average molecular weight is 214 g/mol. The molecule has 0 aliphatic heterocycles. The zero-order valence-corrected chi connectivity index (χ0v) is 5.80. The molecule has 40 valence electrons. The van der Waals surface area contributed by atoms with Gasteiger partial charge < -0.3 is 16.4 Å². The van der Waals surface area contributed by atoms with E-state index in [0.717, 1.165) is 0 Å². The summed E-state index contributed by atoms with van der Waals surface area (Å²) in [6, 6.07) is 0. The standard InChI is InChI=1S/Fe.2Mn.3O/q3*+2;3*-2. The molecule has 6 heteroatoms. The molecule has 0 saturated carbocycles. The Kier molecular flexibility index (Phi) is 2290. The van der Waals surface area contributed by atoms with Crippen LogP contribution in [0.5, 0.6) is 0 Å². The van der Waals surface area contributed by atoms with Gasteiger partial charge in [-0.05, 0) is 0 Å². The normalized spacial score (nSPS) is 0. The van der Waals surface area contributed by atoms with Crippen molar-refractivity contribution < 1.29 is 67.6 Å². The SMILES string of the molecule is [Fe+2].[Mn+2].[Mn+2].[O-2].[O-2].[O-2]. The maximum Gasteiger partial charge on any atom is 2.00 e. The van der Waals surface area contributed by atoms with E-state index < -0.39 is 0 Å². The Morgan fingerprint density at radius 2 is 0.500 bits per heavy atom. The van der Waals surface area contributed by atoms with E-state index in [2.05, 4.69) is 0 Å². The molecule has 0 heterocycles. The van der Waals surface area contributed by atoms with Crippen molar-refractivity contribution in [3.05, 3.63) is 0 Å². The van der Waals surface area contributed by atoms with E-state index >= 15 is 0 Å². The molecule has 0 aromatic rings. The molecule has 0 aromatic carbocycles. The predicted octanol–water partition coefficient (Wildman–Crippen LogP) is -0.364. The van der Waals surface area contributed by atoms with Crippen LogP contribution in [0.15, 0.2) is 0 Å². The second-order valence-electron chi connectivity index (χ2n) is 0. The fourth-order valence-corrected chi connectivity index (χ4v) is 0. The summed E-state index contributed by atoms with van der Waals surface area (Å²) < 4.78 is 0. The Bertz CT molecular complexity index is 8.75. The predicted molar refractivity (Wildman–Crippen MR) is 2.06 cm³/mol. The molecule has 0 unspecified atom stereocenters. The monoisotopic (exact) mass is 214 g/mol.